The summed E-state index contributed by atoms with van der Waals surface area (Å²) < 4.78 is 29.1. The average molecular weight is 485 g/mol. The second-order valence-electron chi connectivity index (χ2n) is 8.58. The number of anilines is 2. The van der Waals surface area contributed by atoms with E-state index in [0.29, 0.717) is 10.8 Å². The first-order valence-electron chi connectivity index (χ1n) is 11.2. The first kappa shape index (κ1) is 23.8. The average Bonchev–Trinajstić information content (AvgIpc) is 3.28. The van der Waals surface area contributed by atoms with Gasteiger partial charge in [-0.15, -0.1) is 11.3 Å². The number of hydrogen-bond donors (Lipinski definition) is 1. The fraction of sp³-hybridized carbons (Fsp3) is 0.360. The molecule has 0 saturated carbocycles. The summed E-state index contributed by atoms with van der Waals surface area (Å²) in [5.74, 6) is 0. The standard InChI is InChI=1S/C25H32N4O2S2/c1-20-9-14-25(32-20)33(30,31)26-19-24(21-10-12-22(13-11-21)27(2)3)29-17-15-28(16-18-29)23-7-5-4-6-8-23/h4-14,24,26H,15-19H2,1-3H3/t24-/m0/s1. The van der Waals surface area contributed by atoms with Gasteiger partial charge in [-0.05, 0) is 48.9 Å². The summed E-state index contributed by atoms with van der Waals surface area (Å²) in [7, 11) is 0.507. The molecular weight excluding hydrogens is 452 g/mol. The molecule has 0 radical (unpaired) electrons. The van der Waals surface area contributed by atoms with Gasteiger partial charge in [0.05, 0.1) is 0 Å². The fourth-order valence-corrected chi connectivity index (χ4v) is 6.57. The zero-order valence-corrected chi connectivity index (χ0v) is 21.1. The van der Waals surface area contributed by atoms with Crippen LogP contribution in [-0.2, 0) is 10.0 Å². The van der Waals surface area contributed by atoms with Gasteiger partial charge < -0.3 is 9.80 Å². The quantitative estimate of drug-likeness (QED) is 0.524. The molecule has 6 nitrogen and oxygen atoms in total. The van der Waals surface area contributed by atoms with Crippen molar-refractivity contribution < 1.29 is 8.42 Å². The van der Waals surface area contributed by atoms with Crippen molar-refractivity contribution in [3.8, 4) is 0 Å². The first-order chi connectivity index (χ1) is 15.8. The van der Waals surface area contributed by atoms with Gasteiger partial charge in [-0.3, -0.25) is 4.90 Å². The Morgan fingerprint density at radius 2 is 1.61 bits per heavy atom. The Labute approximate surface area is 201 Å². The van der Waals surface area contributed by atoms with Crippen LogP contribution in [0.4, 0.5) is 11.4 Å². The summed E-state index contributed by atoms with van der Waals surface area (Å²) in [5.41, 5.74) is 3.48. The molecule has 4 rings (SSSR count). The van der Waals surface area contributed by atoms with E-state index in [1.165, 1.54) is 17.0 Å². The van der Waals surface area contributed by atoms with E-state index < -0.39 is 10.0 Å². The number of rotatable bonds is 8. The third-order valence-corrected chi connectivity index (χ3v) is 9.03. The van der Waals surface area contributed by atoms with Crippen LogP contribution in [0.5, 0.6) is 0 Å². The number of nitrogens with zero attached hydrogens (tertiary/aromatic N) is 3. The monoisotopic (exact) mass is 484 g/mol. The molecular formula is C25H32N4O2S2. The van der Waals surface area contributed by atoms with Gasteiger partial charge in [0.1, 0.15) is 4.21 Å². The molecule has 33 heavy (non-hydrogen) atoms. The van der Waals surface area contributed by atoms with Crippen molar-refractivity contribution in [2.45, 2.75) is 17.2 Å². The first-order valence-corrected chi connectivity index (χ1v) is 13.5. The van der Waals surface area contributed by atoms with Crippen molar-refractivity contribution in [2.75, 3.05) is 56.6 Å². The lowest BCUT2D eigenvalue weighted by molar-refractivity contribution is 0.187. The van der Waals surface area contributed by atoms with Crippen molar-refractivity contribution in [3.05, 3.63) is 77.2 Å². The van der Waals surface area contributed by atoms with Gasteiger partial charge in [-0.1, -0.05) is 30.3 Å². The van der Waals surface area contributed by atoms with E-state index in [2.05, 4.69) is 68.0 Å². The van der Waals surface area contributed by atoms with Gasteiger partial charge in [0.15, 0.2) is 0 Å². The van der Waals surface area contributed by atoms with Crippen LogP contribution in [-0.4, -0.2) is 60.1 Å². The number of para-hydroxylation sites is 1. The van der Waals surface area contributed by atoms with Gasteiger partial charge in [-0.2, -0.15) is 0 Å². The Morgan fingerprint density at radius 1 is 0.939 bits per heavy atom. The zero-order valence-electron chi connectivity index (χ0n) is 19.4. The van der Waals surface area contributed by atoms with Crippen LogP contribution in [0, 0.1) is 6.92 Å². The Bertz CT molecular complexity index is 1140. The Morgan fingerprint density at radius 3 is 2.18 bits per heavy atom. The van der Waals surface area contributed by atoms with Crippen molar-refractivity contribution in [2.24, 2.45) is 0 Å². The van der Waals surface area contributed by atoms with Crippen LogP contribution in [0.2, 0.25) is 0 Å². The van der Waals surface area contributed by atoms with Crippen molar-refractivity contribution in [1.29, 1.82) is 0 Å². The Balaban J connectivity index is 1.51. The maximum Gasteiger partial charge on any atom is 0.250 e. The molecule has 1 atom stereocenters. The second kappa shape index (κ2) is 10.3. The third-order valence-electron chi connectivity index (χ3n) is 6.12. The van der Waals surface area contributed by atoms with Crippen LogP contribution < -0.4 is 14.5 Å². The highest BCUT2D eigenvalue weighted by Crippen LogP contribution is 2.27. The summed E-state index contributed by atoms with van der Waals surface area (Å²) in [4.78, 5) is 7.84. The Kier molecular flexibility index (Phi) is 7.38. The molecule has 8 heteroatoms. The number of hydrogen-bond acceptors (Lipinski definition) is 6. The fourth-order valence-electron chi connectivity index (χ4n) is 4.20. The van der Waals surface area contributed by atoms with Crippen molar-refractivity contribution in [1.82, 2.24) is 9.62 Å². The molecule has 1 aliphatic rings. The highest BCUT2D eigenvalue weighted by atomic mass is 32.2. The van der Waals surface area contributed by atoms with E-state index >= 15 is 0 Å². The van der Waals surface area contributed by atoms with Gasteiger partial charge >= 0.3 is 0 Å². The molecule has 0 aliphatic carbocycles. The SMILES string of the molecule is Cc1ccc(S(=O)(=O)NC[C@@H](c2ccc(N(C)C)cc2)N2CCN(c3ccccc3)CC2)s1. The van der Waals surface area contributed by atoms with Crippen LogP contribution in [0.1, 0.15) is 16.5 Å². The predicted molar refractivity (Wildman–Crippen MR) is 138 cm³/mol. The van der Waals surface area contributed by atoms with Gasteiger partial charge in [-0.25, -0.2) is 13.1 Å². The number of piperazine rings is 1. The van der Waals surface area contributed by atoms with Gasteiger partial charge in [0.25, 0.3) is 0 Å². The minimum Gasteiger partial charge on any atom is -0.378 e. The normalized spacial score (nSPS) is 16.0. The van der Waals surface area contributed by atoms with E-state index in [1.807, 2.05) is 33.2 Å². The highest BCUT2D eigenvalue weighted by Gasteiger charge is 2.27. The minimum atomic E-state index is -3.53. The largest absolute Gasteiger partial charge is 0.378 e. The maximum atomic E-state index is 12.9. The van der Waals surface area contributed by atoms with E-state index in [1.54, 1.807) is 6.07 Å². The third kappa shape index (κ3) is 5.76. The lowest BCUT2D eigenvalue weighted by Crippen LogP contribution is -2.49. The van der Waals surface area contributed by atoms with E-state index in [4.69, 9.17) is 0 Å². The lowest BCUT2D eigenvalue weighted by atomic mass is 10.0. The molecule has 1 saturated heterocycles. The Hall–Kier alpha value is -2.39. The topological polar surface area (TPSA) is 55.9 Å². The van der Waals surface area contributed by atoms with Gasteiger partial charge in [0.2, 0.25) is 10.0 Å². The van der Waals surface area contributed by atoms with E-state index in [-0.39, 0.29) is 6.04 Å². The molecule has 2 aromatic carbocycles. The molecule has 0 amide bonds. The molecule has 1 aliphatic heterocycles. The molecule has 0 bridgehead atoms. The van der Waals surface area contributed by atoms with Crippen LogP contribution in [0.25, 0.3) is 0 Å². The zero-order chi connectivity index (χ0) is 23.4. The number of sulfonamides is 1. The van der Waals surface area contributed by atoms with E-state index in [9.17, 15) is 8.42 Å². The summed E-state index contributed by atoms with van der Waals surface area (Å²) in [6.45, 7) is 5.82. The summed E-state index contributed by atoms with van der Waals surface area (Å²) in [5, 5.41) is 0. The molecule has 1 fully saturated rings. The van der Waals surface area contributed by atoms with Crippen LogP contribution in [0.15, 0.2) is 70.9 Å². The summed E-state index contributed by atoms with van der Waals surface area (Å²) >= 11 is 1.30. The smallest absolute Gasteiger partial charge is 0.250 e. The molecule has 0 unspecified atom stereocenters. The molecule has 2 heterocycles. The van der Waals surface area contributed by atoms with E-state index in [0.717, 1.165) is 42.3 Å². The second-order valence-corrected chi connectivity index (χ2v) is 11.9. The number of thiophene rings is 1. The molecule has 176 valence electrons. The summed E-state index contributed by atoms with van der Waals surface area (Å²) in [6.07, 6.45) is 0. The van der Waals surface area contributed by atoms with Crippen molar-refractivity contribution >= 4 is 32.7 Å². The maximum absolute atomic E-state index is 12.9. The predicted octanol–water partition coefficient (Wildman–Crippen LogP) is 3.96. The van der Waals surface area contributed by atoms with Gasteiger partial charge in [0, 0.05) is 69.1 Å². The minimum absolute atomic E-state index is 0.0324. The number of benzene rings is 2. The number of nitrogens with one attached hydrogen (secondary N) is 1. The molecule has 0 spiro atoms. The number of aryl methyl sites for hydroxylation is 1. The van der Waals surface area contributed by atoms with Crippen LogP contribution >= 0.6 is 11.3 Å². The lowest BCUT2D eigenvalue weighted by Gasteiger charge is -2.40. The summed E-state index contributed by atoms with van der Waals surface area (Å²) in [6, 6.07) is 22.4. The highest BCUT2D eigenvalue weighted by molar-refractivity contribution is 7.91. The molecule has 1 N–H and O–H groups in total. The molecule has 3 aromatic rings. The van der Waals surface area contributed by atoms with Crippen LogP contribution in [0.3, 0.4) is 0 Å². The van der Waals surface area contributed by atoms with Crippen molar-refractivity contribution in [3.63, 3.8) is 0 Å². The molecule has 1 aromatic heterocycles.